The molecule has 124 valence electrons. The summed E-state index contributed by atoms with van der Waals surface area (Å²) in [5, 5.41) is 11.3. The summed E-state index contributed by atoms with van der Waals surface area (Å²) in [6, 6.07) is 8.20. The Bertz CT molecular complexity index is 864. The zero-order valence-corrected chi connectivity index (χ0v) is 14.0. The molecule has 2 heterocycles. The van der Waals surface area contributed by atoms with Crippen LogP contribution in [0.2, 0.25) is 0 Å². The highest BCUT2D eigenvalue weighted by molar-refractivity contribution is 6.03. The fourth-order valence-electron chi connectivity index (χ4n) is 2.50. The summed E-state index contributed by atoms with van der Waals surface area (Å²) in [5.41, 5.74) is 3.56. The van der Waals surface area contributed by atoms with Crippen molar-refractivity contribution in [1.82, 2.24) is 24.5 Å². The van der Waals surface area contributed by atoms with Crippen molar-refractivity contribution in [3.63, 3.8) is 0 Å². The molecule has 0 bridgehead atoms. The van der Waals surface area contributed by atoms with Crippen LogP contribution in [-0.2, 0) is 13.1 Å². The third-order valence-corrected chi connectivity index (χ3v) is 3.70. The van der Waals surface area contributed by atoms with Gasteiger partial charge in [0.25, 0.3) is 5.91 Å². The molecule has 3 aromatic rings. The van der Waals surface area contributed by atoms with Crippen LogP contribution >= 0.6 is 0 Å². The van der Waals surface area contributed by atoms with Gasteiger partial charge in [0.15, 0.2) is 0 Å². The van der Waals surface area contributed by atoms with Crippen LogP contribution in [0.25, 0.3) is 0 Å². The van der Waals surface area contributed by atoms with Gasteiger partial charge in [-0.2, -0.15) is 5.10 Å². The molecule has 2 aromatic heterocycles. The fourth-order valence-corrected chi connectivity index (χ4v) is 2.50. The van der Waals surface area contributed by atoms with E-state index in [2.05, 4.69) is 39.6 Å². The number of aryl methyl sites for hydroxylation is 3. The van der Waals surface area contributed by atoms with Crippen molar-refractivity contribution in [2.45, 2.75) is 33.9 Å². The van der Waals surface area contributed by atoms with E-state index in [9.17, 15) is 4.79 Å². The Morgan fingerprint density at radius 2 is 2.04 bits per heavy atom. The molecule has 0 aliphatic rings. The lowest BCUT2D eigenvalue weighted by Crippen LogP contribution is -2.14. The van der Waals surface area contributed by atoms with Gasteiger partial charge in [-0.15, -0.1) is 5.10 Å². The summed E-state index contributed by atoms with van der Waals surface area (Å²) in [7, 11) is 0. The van der Waals surface area contributed by atoms with E-state index in [-0.39, 0.29) is 11.9 Å². The second-order valence-corrected chi connectivity index (χ2v) is 5.69. The second kappa shape index (κ2) is 6.66. The van der Waals surface area contributed by atoms with Crippen LogP contribution in [0, 0.1) is 13.8 Å². The first-order valence-electron chi connectivity index (χ1n) is 7.85. The molecule has 7 nitrogen and oxygen atoms in total. The monoisotopic (exact) mass is 324 g/mol. The lowest BCUT2D eigenvalue weighted by atomic mass is 10.1. The SMILES string of the molecule is CCn1cc(C(=O)Nc2ncn(Cc3cccc(C)c3)n2)c(C)n1. The molecule has 1 aromatic carbocycles. The first-order valence-corrected chi connectivity index (χ1v) is 7.85. The maximum atomic E-state index is 12.3. The third-order valence-electron chi connectivity index (χ3n) is 3.70. The van der Waals surface area contributed by atoms with Gasteiger partial charge < -0.3 is 0 Å². The molecule has 0 atom stereocenters. The van der Waals surface area contributed by atoms with Gasteiger partial charge in [0.05, 0.1) is 17.8 Å². The Morgan fingerprint density at radius 1 is 1.21 bits per heavy atom. The van der Waals surface area contributed by atoms with Crippen LogP contribution in [-0.4, -0.2) is 30.5 Å². The Morgan fingerprint density at radius 3 is 2.75 bits per heavy atom. The molecule has 0 fully saturated rings. The highest BCUT2D eigenvalue weighted by Crippen LogP contribution is 2.10. The average molecular weight is 324 g/mol. The van der Waals surface area contributed by atoms with Crippen molar-refractivity contribution in [2.24, 2.45) is 0 Å². The summed E-state index contributed by atoms with van der Waals surface area (Å²) < 4.78 is 3.43. The van der Waals surface area contributed by atoms with E-state index in [0.717, 1.165) is 12.1 Å². The number of carbonyl (C=O) groups is 1. The van der Waals surface area contributed by atoms with E-state index in [0.29, 0.717) is 17.8 Å². The molecule has 0 saturated heterocycles. The molecule has 0 saturated carbocycles. The Kier molecular flexibility index (Phi) is 4.41. The van der Waals surface area contributed by atoms with E-state index in [1.54, 1.807) is 21.9 Å². The number of aromatic nitrogens is 5. The fraction of sp³-hybridized carbons (Fsp3) is 0.294. The number of anilines is 1. The molecular formula is C17H20N6O. The number of carbonyl (C=O) groups excluding carboxylic acids is 1. The third kappa shape index (κ3) is 3.51. The van der Waals surface area contributed by atoms with Gasteiger partial charge in [-0.1, -0.05) is 29.8 Å². The van der Waals surface area contributed by atoms with Crippen molar-refractivity contribution in [2.75, 3.05) is 5.32 Å². The minimum Gasteiger partial charge on any atom is -0.289 e. The minimum atomic E-state index is -0.250. The quantitative estimate of drug-likeness (QED) is 0.782. The van der Waals surface area contributed by atoms with Crippen LogP contribution in [0.15, 0.2) is 36.8 Å². The van der Waals surface area contributed by atoms with E-state index in [1.165, 1.54) is 5.56 Å². The zero-order chi connectivity index (χ0) is 17.1. The van der Waals surface area contributed by atoms with Crippen LogP contribution in [0.5, 0.6) is 0 Å². The highest BCUT2D eigenvalue weighted by atomic mass is 16.1. The largest absolute Gasteiger partial charge is 0.289 e. The minimum absolute atomic E-state index is 0.250. The first kappa shape index (κ1) is 15.9. The lowest BCUT2D eigenvalue weighted by molar-refractivity contribution is 0.102. The molecule has 0 aliphatic carbocycles. The Labute approximate surface area is 140 Å². The van der Waals surface area contributed by atoms with Gasteiger partial charge in [0, 0.05) is 12.7 Å². The maximum absolute atomic E-state index is 12.3. The molecule has 7 heteroatoms. The summed E-state index contributed by atoms with van der Waals surface area (Å²) in [6.45, 7) is 7.16. The smallest absolute Gasteiger partial charge is 0.261 e. The van der Waals surface area contributed by atoms with E-state index < -0.39 is 0 Å². The van der Waals surface area contributed by atoms with Gasteiger partial charge in [-0.3, -0.25) is 14.8 Å². The molecule has 3 rings (SSSR count). The molecular weight excluding hydrogens is 304 g/mol. The molecule has 24 heavy (non-hydrogen) atoms. The number of hydrogen-bond acceptors (Lipinski definition) is 4. The van der Waals surface area contributed by atoms with Crippen molar-refractivity contribution in [3.05, 3.63) is 59.2 Å². The molecule has 0 radical (unpaired) electrons. The molecule has 0 spiro atoms. The average Bonchev–Trinajstić information content (AvgIpc) is 3.13. The number of amides is 1. The van der Waals surface area contributed by atoms with E-state index in [4.69, 9.17) is 0 Å². The normalized spacial score (nSPS) is 10.8. The van der Waals surface area contributed by atoms with Gasteiger partial charge in [-0.25, -0.2) is 9.67 Å². The van der Waals surface area contributed by atoms with E-state index in [1.807, 2.05) is 26.0 Å². The van der Waals surface area contributed by atoms with Crippen molar-refractivity contribution < 1.29 is 4.79 Å². The predicted octanol–water partition coefficient (Wildman–Crippen LogP) is 2.41. The standard InChI is InChI=1S/C17H20N6O/c1-4-22-10-15(13(3)20-22)16(24)19-17-18-11-23(21-17)9-14-7-5-6-12(2)8-14/h5-8,10-11H,4,9H2,1-3H3,(H,19,21,24). The van der Waals surface area contributed by atoms with Gasteiger partial charge in [0.2, 0.25) is 5.95 Å². The highest BCUT2D eigenvalue weighted by Gasteiger charge is 2.15. The molecule has 0 aliphatic heterocycles. The number of nitrogens with one attached hydrogen (secondary N) is 1. The van der Waals surface area contributed by atoms with Crippen LogP contribution in [0.1, 0.15) is 34.1 Å². The lowest BCUT2D eigenvalue weighted by Gasteiger charge is -2.02. The van der Waals surface area contributed by atoms with Crippen LogP contribution in [0.4, 0.5) is 5.95 Å². The number of nitrogens with zero attached hydrogens (tertiary/aromatic N) is 5. The Hall–Kier alpha value is -2.96. The van der Waals surface area contributed by atoms with Crippen molar-refractivity contribution in [1.29, 1.82) is 0 Å². The molecule has 1 amide bonds. The molecule has 1 N–H and O–H groups in total. The van der Waals surface area contributed by atoms with Gasteiger partial charge >= 0.3 is 0 Å². The first-order chi connectivity index (χ1) is 11.5. The number of rotatable bonds is 5. The molecule has 0 unspecified atom stereocenters. The Balaban J connectivity index is 1.69. The summed E-state index contributed by atoms with van der Waals surface area (Å²) in [4.78, 5) is 16.5. The van der Waals surface area contributed by atoms with E-state index >= 15 is 0 Å². The number of benzene rings is 1. The zero-order valence-electron chi connectivity index (χ0n) is 14.0. The maximum Gasteiger partial charge on any atom is 0.261 e. The van der Waals surface area contributed by atoms with Crippen LogP contribution in [0.3, 0.4) is 0 Å². The van der Waals surface area contributed by atoms with Crippen molar-refractivity contribution >= 4 is 11.9 Å². The summed E-state index contributed by atoms with van der Waals surface area (Å²) >= 11 is 0. The van der Waals surface area contributed by atoms with Crippen molar-refractivity contribution in [3.8, 4) is 0 Å². The second-order valence-electron chi connectivity index (χ2n) is 5.69. The van der Waals surface area contributed by atoms with Gasteiger partial charge in [0.1, 0.15) is 6.33 Å². The topological polar surface area (TPSA) is 77.6 Å². The van der Waals surface area contributed by atoms with Crippen LogP contribution < -0.4 is 5.32 Å². The predicted molar refractivity (Wildman–Crippen MR) is 90.9 cm³/mol. The summed E-state index contributed by atoms with van der Waals surface area (Å²) in [6.07, 6.45) is 3.34. The summed E-state index contributed by atoms with van der Waals surface area (Å²) in [5.74, 6) is 0.0387. The number of hydrogen-bond donors (Lipinski definition) is 1. The van der Waals surface area contributed by atoms with Gasteiger partial charge in [-0.05, 0) is 26.3 Å².